The van der Waals surface area contributed by atoms with Gasteiger partial charge < -0.3 is 14.5 Å². The highest BCUT2D eigenvalue weighted by Crippen LogP contribution is 2.28. The van der Waals surface area contributed by atoms with Crippen LogP contribution >= 0.6 is 0 Å². The van der Waals surface area contributed by atoms with Gasteiger partial charge in [0, 0.05) is 5.92 Å². The van der Waals surface area contributed by atoms with Gasteiger partial charge in [0.2, 0.25) is 0 Å². The number of carbonyl (C=O) groups is 3. The summed E-state index contributed by atoms with van der Waals surface area (Å²) in [6.07, 6.45) is 1.56. The van der Waals surface area contributed by atoms with Gasteiger partial charge in [-0.3, -0.25) is 14.9 Å². The standard InChI is InChI=1S/C23H22N2O5/c26-21(25-23(28)24-15-19-12-7-13-29-19)16-30-22(27)14-20(17-8-3-1-4-9-17)18-10-5-2-6-11-18/h1-13,20H,14-16H2,(H2,24,25,26,28). The number of esters is 1. The molecule has 0 atom stereocenters. The Labute approximate surface area is 174 Å². The fourth-order valence-corrected chi connectivity index (χ4v) is 2.96. The molecular formula is C23H22N2O5. The number of amides is 3. The van der Waals surface area contributed by atoms with Crippen LogP contribution in [0.15, 0.2) is 83.5 Å². The van der Waals surface area contributed by atoms with Gasteiger partial charge >= 0.3 is 12.0 Å². The molecule has 0 saturated heterocycles. The molecule has 30 heavy (non-hydrogen) atoms. The predicted molar refractivity (Wildman–Crippen MR) is 109 cm³/mol. The van der Waals surface area contributed by atoms with Gasteiger partial charge in [-0.05, 0) is 23.3 Å². The second-order valence-corrected chi connectivity index (χ2v) is 6.55. The first kappa shape index (κ1) is 20.9. The number of furan rings is 1. The van der Waals surface area contributed by atoms with Gasteiger partial charge in [-0.1, -0.05) is 60.7 Å². The van der Waals surface area contributed by atoms with Gasteiger partial charge in [0.15, 0.2) is 6.61 Å². The molecule has 154 valence electrons. The Morgan fingerprint density at radius 3 is 2.07 bits per heavy atom. The third kappa shape index (κ3) is 6.34. The zero-order chi connectivity index (χ0) is 21.2. The number of rotatable bonds is 8. The summed E-state index contributed by atoms with van der Waals surface area (Å²) in [6, 6.07) is 21.9. The molecule has 0 bridgehead atoms. The Hall–Kier alpha value is -3.87. The van der Waals surface area contributed by atoms with E-state index in [0.29, 0.717) is 5.76 Å². The molecule has 1 aromatic heterocycles. The van der Waals surface area contributed by atoms with Crippen molar-refractivity contribution in [2.45, 2.75) is 18.9 Å². The zero-order valence-corrected chi connectivity index (χ0v) is 16.2. The van der Waals surface area contributed by atoms with E-state index in [4.69, 9.17) is 9.15 Å². The smallest absolute Gasteiger partial charge is 0.321 e. The van der Waals surface area contributed by atoms with Gasteiger partial charge in [0.05, 0.1) is 19.2 Å². The van der Waals surface area contributed by atoms with Crippen LogP contribution in [0, 0.1) is 0 Å². The van der Waals surface area contributed by atoms with Crippen LogP contribution in [0.4, 0.5) is 4.79 Å². The van der Waals surface area contributed by atoms with Crippen LogP contribution < -0.4 is 10.6 Å². The van der Waals surface area contributed by atoms with Crippen LogP contribution in [0.3, 0.4) is 0 Å². The summed E-state index contributed by atoms with van der Waals surface area (Å²) in [5, 5.41) is 4.58. The molecule has 7 nitrogen and oxygen atoms in total. The fraction of sp³-hybridized carbons (Fsp3) is 0.174. The van der Waals surface area contributed by atoms with Crippen molar-refractivity contribution in [3.8, 4) is 0 Å². The first-order valence-electron chi connectivity index (χ1n) is 9.47. The Kier molecular flexibility index (Phi) is 7.38. The van der Waals surface area contributed by atoms with E-state index in [0.717, 1.165) is 11.1 Å². The third-order valence-corrected chi connectivity index (χ3v) is 4.40. The van der Waals surface area contributed by atoms with Gasteiger partial charge in [-0.2, -0.15) is 0 Å². The van der Waals surface area contributed by atoms with Crippen LogP contribution in [0.2, 0.25) is 0 Å². The maximum Gasteiger partial charge on any atom is 0.321 e. The first-order chi connectivity index (χ1) is 14.6. The van der Waals surface area contributed by atoms with Gasteiger partial charge in [-0.15, -0.1) is 0 Å². The molecule has 2 aromatic carbocycles. The predicted octanol–water partition coefficient (Wildman–Crippen LogP) is 3.37. The number of benzene rings is 2. The number of nitrogens with one attached hydrogen (secondary N) is 2. The number of hydrogen-bond donors (Lipinski definition) is 2. The largest absolute Gasteiger partial charge is 0.467 e. The van der Waals surface area contributed by atoms with E-state index in [-0.39, 0.29) is 18.9 Å². The van der Waals surface area contributed by atoms with Crippen molar-refractivity contribution >= 4 is 17.9 Å². The van der Waals surface area contributed by atoms with Crippen molar-refractivity contribution in [2.75, 3.05) is 6.61 Å². The maximum atomic E-state index is 12.4. The Morgan fingerprint density at radius 1 is 0.867 bits per heavy atom. The molecule has 1 heterocycles. The molecular weight excluding hydrogens is 384 g/mol. The Bertz CT molecular complexity index is 916. The highest BCUT2D eigenvalue weighted by atomic mass is 16.5. The summed E-state index contributed by atoms with van der Waals surface area (Å²) in [4.78, 5) is 35.9. The summed E-state index contributed by atoms with van der Waals surface area (Å²) in [6.45, 7) is -0.398. The summed E-state index contributed by atoms with van der Waals surface area (Å²) in [7, 11) is 0. The number of carbonyl (C=O) groups excluding carboxylic acids is 3. The fourth-order valence-electron chi connectivity index (χ4n) is 2.96. The lowest BCUT2D eigenvalue weighted by atomic mass is 9.89. The van der Waals surface area contributed by atoms with Crippen LogP contribution in [-0.2, 0) is 20.9 Å². The van der Waals surface area contributed by atoms with Crippen LogP contribution in [0.25, 0.3) is 0 Å². The van der Waals surface area contributed by atoms with Gasteiger partial charge in [0.1, 0.15) is 5.76 Å². The van der Waals surface area contributed by atoms with Crippen LogP contribution in [-0.4, -0.2) is 24.5 Å². The number of urea groups is 1. The third-order valence-electron chi connectivity index (χ3n) is 4.40. The first-order valence-corrected chi connectivity index (χ1v) is 9.47. The van der Waals surface area contributed by atoms with Gasteiger partial charge in [0.25, 0.3) is 5.91 Å². The van der Waals surface area contributed by atoms with Crippen molar-refractivity contribution in [3.63, 3.8) is 0 Å². The van der Waals surface area contributed by atoms with E-state index < -0.39 is 24.5 Å². The molecule has 3 rings (SSSR count). The molecule has 0 saturated carbocycles. The molecule has 0 aliphatic heterocycles. The summed E-state index contributed by atoms with van der Waals surface area (Å²) >= 11 is 0. The highest BCUT2D eigenvalue weighted by Gasteiger charge is 2.20. The van der Waals surface area contributed by atoms with E-state index in [9.17, 15) is 14.4 Å². The van der Waals surface area contributed by atoms with Crippen molar-refractivity contribution < 1.29 is 23.5 Å². The van der Waals surface area contributed by atoms with E-state index in [1.165, 1.54) is 6.26 Å². The lowest BCUT2D eigenvalue weighted by Crippen LogP contribution is -2.41. The lowest BCUT2D eigenvalue weighted by Gasteiger charge is -2.17. The molecule has 0 unspecified atom stereocenters. The van der Waals surface area contributed by atoms with Crippen molar-refractivity contribution in [3.05, 3.63) is 95.9 Å². The highest BCUT2D eigenvalue weighted by molar-refractivity contribution is 5.95. The lowest BCUT2D eigenvalue weighted by molar-refractivity contribution is -0.148. The Morgan fingerprint density at radius 2 is 1.50 bits per heavy atom. The monoisotopic (exact) mass is 406 g/mol. The van der Waals surface area contributed by atoms with Gasteiger partial charge in [-0.25, -0.2) is 4.79 Å². The second-order valence-electron chi connectivity index (χ2n) is 6.55. The van der Waals surface area contributed by atoms with E-state index >= 15 is 0 Å². The summed E-state index contributed by atoms with van der Waals surface area (Å²) in [5.41, 5.74) is 1.95. The Balaban J connectivity index is 1.49. The average molecular weight is 406 g/mol. The molecule has 3 aromatic rings. The van der Waals surface area contributed by atoms with E-state index in [2.05, 4.69) is 10.6 Å². The molecule has 0 aliphatic carbocycles. The van der Waals surface area contributed by atoms with E-state index in [1.54, 1.807) is 12.1 Å². The SMILES string of the molecule is O=C(COC(=O)CC(c1ccccc1)c1ccccc1)NC(=O)NCc1ccco1. The summed E-state index contributed by atoms with van der Waals surface area (Å²) in [5.74, 6) is -0.883. The number of imide groups is 1. The quantitative estimate of drug-likeness (QED) is 0.559. The summed E-state index contributed by atoms with van der Waals surface area (Å²) < 4.78 is 10.2. The minimum Gasteiger partial charge on any atom is -0.467 e. The van der Waals surface area contributed by atoms with Crippen LogP contribution in [0.1, 0.15) is 29.2 Å². The zero-order valence-electron chi connectivity index (χ0n) is 16.2. The van der Waals surface area contributed by atoms with Crippen molar-refractivity contribution in [1.29, 1.82) is 0 Å². The van der Waals surface area contributed by atoms with Crippen LogP contribution in [0.5, 0.6) is 0 Å². The minimum atomic E-state index is -0.712. The molecule has 2 N–H and O–H groups in total. The van der Waals surface area contributed by atoms with E-state index in [1.807, 2.05) is 60.7 Å². The number of ether oxygens (including phenoxy) is 1. The molecule has 7 heteroatoms. The topological polar surface area (TPSA) is 97.6 Å². The molecule has 3 amide bonds. The second kappa shape index (κ2) is 10.6. The molecule has 0 aliphatic rings. The molecule has 0 fully saturated rings. The molecule has 0 spiro atoms. The molecule has 0 radical (unpaired) electrons. The average Bonchev–Trinajstić information content (AvgIpc) is 3.30. The van der Waals surface area contributed by atoms with Crippen molar-refractivity contribution in [2.24, 2.45) is 0 Å². The minimum absolute atomic E-state index is 0.0754. The number of hydrogen-bond acceptors (Lipinski definition) is 5. The normalized spacial score (nSPS) is 10.4. The van der Waals surface area contributed by atoms with Crippen molar-refractivity contribution in [1.82, 2.24) is 10.6 Å². The maximum absolute atomic E-state index is 12.4.